The lowest BCUT2D eigenvalue weighted by molar-refractivity contribution is 0.102. The number of hydrogen-bond acceptors (Lipinski definition) is 4. The van der Waals surface area contributed by atoms with Crippen LogP contribution in [0.3, 0.4) is 0 Å². The second-order valence-corrected chi connectivity index (χ2v) is 6.19. The summed E-state index contributed by atoms with van der Waals surface area (Å²) in [5.74, 6) is 0.972. The zero-order valence-corrected chi connectivity index (χ0v) is 14.6. The van der Waals surface area contributed by atoms with Crippen molar-refractivity contribution in [1.29, 1.82) is 0 Å². The molecule has 2 N–H and O–H groups in total. The molecule has 0 unspecified atom stereocenters. The molecular formula is C20H20N4O2. The van der Waals surface area contributed by atoms with Gasteiger partial charge in [0.15, 0.2) is 0 Å². The van der Waals surface area contributed by atoms with Gasteiger partial charge < -0.3 is 15.0 Å². The molecule has 0 atom stereocenters. The number of aryl methyl sites for hydroxylation is 2. The third-order valence-electron chi connectivity index (χ3n) is 4.50. The number of carbonyl (C=O) groups excluding carboxylic acids is 1. The van der Waals surface area contributed by atoms with Gasteiger partial charge in [-0.15, -0.1) is 0 Å². The van der Waals surface area contributed by atoms with E-state index in [0.717, 1.165) is 36.2 Å². The van der Waals surface area contributed by atoms with Gasteiger partial charge in [-0.25, -0.2) is 4.98 Å². The fourth-order valence-corrected chi connectivity index (χ4v) is 3.32. The number of hydrogen-bond donors (Lipinski definition) is 2. The Bertz CT molecular complexity index is 931. The maximum atomic E-state index is 12.8. The monoisotopic (exact) mass is 348 g/mol. The van der Waals surface area contributed by atoms with Gasteiger partial charge in [-0.05, 0) is 49.9 Å². The van der Waals surface area contributed by atoms with E-state index in [1.165, 1.54) is 5.56 Å². The maximum absolute atomic E-state index is 12.8. The van der Waals surface area contributed by atoms with E-state index in [4.69, 9.17) is 4.74 Å². The number of nitrogens with zero attached hydrogens (tertiary/aromatic N) is 2. The molecule has 26 heavy (non-hydrogen) atoms. The predicted molar refractivity (Wildman–Crippen MR) is 99.4 cm³/mol. The summed E-state index contributed by atoms with van der Waals surface area (Å²) in [6.45, 7) is 2.49. The van der Waals surface area contributed by atoms with E-state index < -0.39 is 0 Å². The number of pyridine rings is 2. The number of aromatic amines is 1. The van der Waals surface area contributed by atoms with Crippen LogP contribution in [0.1, 0.15) is 35.0 Å². The van der Waals surface area contributed by atoms with E-state index >= 15 is 0 Å². The summed E-state index contributed by atoms with van der Waals surface area (Å²) in [4.78, 5) is 24.9. The molecule has 6 nitrogen and oxygen atoms in total. The fourth-order valence-electron chi connectivity index (χ4n) is 3.32. The summed E-state index contributed by atoms with van der Waals surface area (Å²) in [6, 6.07) is 7.56. The van der Waals surface area contributed by atoms with Crippen molar-refractivity contribution in [2.45, 2.75) is 26.2 Å². The van der Waals surface area contributed by atoms with E-state index in [2.05, 4.69) is 26.3 Å². The molecule has 0 fully saturated rings. The lowest BCUT2D eigenvalue weighted by Crippen LogP contribution is -2.13. The first-order valence-electron chi connectivity index (χ1n) is 8.81. The Morgan fingerprint density at radius 1 is 1.27 bits per heavy atom. The van der Waals surface area contributed by atoms with Gasteiger partial charge in [0.25, 0.3) is 5.91 Å². The Morgan fingerprint density at radius 2 is 2.19 bits per heavy atom. The fraction of sp³-hybridized carbons (Fsp3) is 0.250. The van der Waals surface area contributed by atoms with Gasteiger partial charge >= 0.3 is 0 Å². The summed E-state index contributed by atoms with van der Waals surface area (Å²) >= 11 is 0. The Balaban J connectivity index is 1.64. The maximum Gasteiger partial charge on any atom is 0.259 e. The number of ether oxygens (including phenoxy) is 1. The normalized spacial score (nSPS) is 12.7. The molecule has 1 amide bonds. The summed E-state index contributed by atoms with van der Waals surface area (Å²) < 4.78 is 5.38. The number of rotatable bonds is 4. The van der Waals surface area contributed by atoms with Crippen LogP contribution in [0.15, 0.2) is 42.9 Å². The number of H-pyrrole nitrogens is 1. The highest BCUT2D eigenvalue weighted by Crippen LogP contribution is 2.33. The van der Waals surface area contributed by atoms with Crippen molar-refractivity contribution < 1.29 is 9.53 Å². The van der Waals surface area contributed by atoms with Crippen LogP contribution in [-0.2, 0) is 12.8 Å². The van der Waals surface area contributed by atoms with E-state index in [1.54, 1.807) is 30.7 Å². The molecule has 0 bridgehead atoms. The van der Waals surface area contributed by atoms with E-state index in [-0.39, 0.29) is 5.91 Å². The van der Waals surface area contributed by atoms with Crippen LogP contribution in [0, 0.1) is 0 Å². The van der Waals surface area contributed by atoms with Crippen molar-refractivity contribution >= 4 is 11.7 Å². The zero-order chi connectivity index (χ0) is 17.9. The van der Waals surface area contributed by atoms with Crippen molar-refractivity contribution in [3.05, 3.63) is 59.7 Å². The van der Waals surface area contributed by atoms with Crippen molar-refractivity contribution in [2.75, 3.05) is 11.9 Å². The SMILES string of the molecule is CCOc1ccc(NC(=O)c2c[nH]c3c2-c2ncccc2CCC3)nc1. The van der Waals surface area contributed by atoms with Crippen molar-refractivity contribution in [1.82, 2.24) is 15.0 Å². The molecular weight excluding hydrogens is 328 g/mol. The van der Waals surface area contributed by atoms with Gasteiger partial charge in [0.1, 0.15) is 11.6 Å². The second-order valence-electron chi connectivity index (χ2n) is 6.19. The van der Waals surface area contributed by atoms with Crippen molar-refractivity contribution in [2.24, 2.45) is 0 Å². The number of nitrogens with one attached hydrogen (secondary N) is 2. The van der Waals surface area contributed by atoms with Gasteiger partial charge in [0.05, 0.1) is 24.1 Å². The molecule has 0 aromatic carbocycles. The molecule has 6 heteroatoms. The van der Waals surface area contributed by atoms with E-state index in [1.807, 2.05) is 13.0 Å². The van der Waals surface area contributed by atoms with Crippen LogP contribution in [0.4, 0.5) is 5.82 Å². The van der Waals surface area contributed by atoms with Gasteiger partial charge in [-0.3, -0.25) is 9.78 Å². The molecule has 0 saturated heterocycles. The van der Waals surface area contributed by atoms with E-state index in [0.29, 0.717) is 23.7 Å². The molecule has 0 aliphatic heterocycles. The van der Waals surface area contributed by atoms with Crippen LogP contribution in [0.5, 0.6) is 5.75 Å². The standard InChI is InChI=1S/C20H20N4O2/c1-2-26-14-8-9-17(23-11-14)24-20(25)15-12-22-16-7-3-5-13-6-4-10-21-19(13)18(15)16/h4,6,8-12,22H,2-3,5,7H2,1H3,(H,23,24,25). The molecule has 0 spiro atoms. The predicted octanol–water partition coefficient (Wildman–Crippen LogP) is 3.61. The van der Waals surface area contributed by atoms with Crippen LogP contribution in [0.2, 0.25) is 0 Å². The number of anilines is 1. The Kier molecular flexibility index (Phi) is 4.39. The minimum Gasteiger partial charge on any atom is -0.492 e. The summed E-state index contributed by atoms with van der Waals surface area (Å²) in [7, 11) is 0. The smallest absolute Gasteiger partial charge is 0.259 e. The molecule has 3 aromatic rings. The minimum atomic E-state index is -0.197. The molecule has 1 aliphatic rings. The molecule has 4 rings (SSSR count). The second kappa shape index (κ2) is 7.00. The first-order valence-corrected chi connectivity index (χ1v) is 8.81. The molecule has 1 aliphatic carbocycles. The van der Waals surface area contributed by atoms with Crippen LogP contribution < -0.4 is 10.1 Å². The summed E-state index contributed by atoms with van der Waals surface area (Å²) in [5.41, 5.74) is 4.64. The summed E-state index contributed by atoms with van der Waals surface area (Å²) in [5, 5.41) is 2.86. The van der Waals surface area contributed by atoms with Gasteiger partial charge in [0, 0.05) is 23.7 Å². The highest BCUT2D eigenvalue weighted by molar-refractivity contribution is 6.08. The third kappa shape index (κ3) is 3.06. The Morgan fingerprint density at radius 3 is 3.00 bits per heavy atom. The van der Waals surface area contributed by atoms with Crippen LogP contribution >= 0.6 is 0 Å². The molecule has 3 aromatic heterocycles. The molecule has 132 valence electrons. The number of amides is 1. The van der Waals surface area contributed by atoms with E-state index in [9.17, 15) is 4.79 Å². The molecule has 3 heterocycles. The summed E-state index contributed by atoms with van der Waals surface area (Å²) in [6.07, 6.45) is 8.05. The Labute approximate surface area is 151 Å². The lowest BCUT2D eigenvalue weighted by Gasteiger charge is -2.09. The van der Waals surface area contributed by atoms with Crippen molar-refractivity contribution in [3.8, 4) is 17.0 Å². The quantitative estimate of drug-likeness (QED) is 0.755. The van der Waals surface area contributed by atoms with Gasteiger partial charge in [0.2, 0.25) is 0 Å². The largest absolute Gasteiger partial charge is 0.492 e. The third-order valence-corrected chi connectivity index (χ3v) is 4.50. The molecule has 0 saturated carbocycles. The van der Waals surface area contributed by atoms with Crippen LogP contribution in [0.25, 0.3) is 11.3 Å². The van der Waals surface area contributed by atoms with Crippen molar-refractivity contribution in [3.63, 3.8) is 0 Å². The number of fused-ring (bicyclic) bond motifs is 3. The molecule has 0 radical (unpaired) electrons. The van der Waals surface area contributed by atoms with Gasteiger partial charge in [-0.2, -0.15) is 0 Å². The number of carbonyl (C=O) groups is 1. The topological polar surface area (TPSA) is 79.9 Å². The Hall–Kier alpha value is -3.15. The van der Waals surface area contributed by atoms with Gasteiger partial charge in [-0.1, -0.05) is 6.07 Å². The zero-order valence-electron chi connectivity index (χ0n) is 14.6. The highest BCUT2D eigenvalue weighted by Gasteiger charge is 2.24. The average molecular weight is 348 g/mol. The first kappa shape index (κ1) is 16.3. The first-order chi connectivity index (χ1) is 12.8. The minimum absolute atomic E-state index is 0.197. The highest BCUT2D eigenvalue weighted by atomic mass is 16.5. The van der Waals surface area contributed by atoms with Crippen LogP contribution in [-0.4, -0.2) is 27.5 Å². The number of aromatic nitrogens is 3. The lowest BCUT2D eigenvalue weighted by atomic mass is 10.0. The average Bonchev–Trinajstić information content (AvgIpc) is 2.99.